The number of aromatic nitrogens is 1. The van der Waals surface area contributed by atoms with Gasteiger partial charge in [-0.15, -0.1) is 0 Å². The number of aliphatic carboxylic acids is 1. The van der Waals surface area contributed by atoms with Crippen molar-refractivity contribution in [3.8, 4) is 11.1 Å². The third kappa shape index (κ3) is 3.98. The van der Waals surface area contributed by atoms with Gasteiger partial charge in [-0.3, -0.25) is 9.59 Å². The minimum absolute atomic E-state index is 0.377. The largest absolute Gasteiger partial charge is 0.480 e. The second kappa shape index (κ2) is 7.72. The van der Waals surface area contributed by atoms with E-state index in [0.29, 0.717) is 5.57 Å². The number of carbonyl (C=O) groups is 2. The summed E-state index contributed by atoms with van der Waals surface area (Å²) in [6, 6.07) is 12.8. The van der Waals surface area contributed by atoms with E-state index in [0.717, 1.165) is 27.8 Å². The molecule has 144 valence electrons. The van der Waals surface area contributed by atoms with E-state index in [1.165, 1.54) is 10.9 Å². The van der Waals surface area contributed by atoms with E-state index in [4.69, 9.17) is 5.11 Å². The van der Waals surface area contributed by atoms with Crippen molar-refractivity contribution in [2.75, 3.05) is 6.54 Å². The number of carboxylic acid groups (broad SMARTS) is 1. The Labute approximate surface area is 164 Å². The monoisotopic (exact) mass is 376 g/mol. The summed E-state index contributed by atoms with van der Waals surface area (Å²) in [6.45, 7) is 5.37. The molecule has 0 bridgehead atoms. The Balaban J connectivity index is 1.92. The number of benzene rings is 2. The van der Waals surface area contributed by atoms with Crippen molar-refractivity contribution in [3.05, 3.63) is 64.9 Å². The highest BCUT2D eigenvalue weighted by molar-refractivity contribution is 5.98. The normalized spacial score (nSPS) is 11.6. The van der Waals surface area contributed by atoms with Crippen LogP contribution in [0.5, 0.6) is 0 Å². The van der Waals surface area contributed by atoms with Crippen LogP contribution in [0.4, 0.5) is 0 Å². The Bertz CT molecular complexity index is 1110. The summed E-state index contributed by atoms with van der Waals surface area (Å²) in [4.78, 5) is 22.6. The maximum atomic E-state index is 12.0. The standard InChI is InChI=1S/C23H24N2O3/c1-14-11-20(17-5-6-21-18(12-17)7-8-25(21)4)15(2)9-19(14)10-16(3)23(28)24-13-22(26)27/h5-12H,13H2,1-4H3,(H,24,28)(H,26,27)/b16-10+. The molecule has 2 aromatic carbocycles. The Morgan fingerprint density at radius 1 is 1.11 bits per heavy atom. The van der Waals surface area contributed by atoms with Crippen molar-refractivity contribution in [1.29, 1.82) is 0 Å². The number of aryl methyl sites for hydroxylation is 3. The molecule has 0 spiro atoms. The molecule has 0 radical (unpaired) electrons. The van der Waals surface area contributed by atoms with Gasteiger partial charge < -0.3 is 15.0 Å². The minimum atomic E-state index is -1.06. The summed E-state index contributed by atoms with van der Waals surface area (Å²) >= 11 is 0. The van der Waals surface area contributed by atoms with Crippen LogP contribution in [-0.2, 0) is 16.6 Å². The minimum Gasteiger partial charge on any atom is -0.480 e. The highest BCUT2D eigenvalue weighted by Gasteiger charge is 2.10. The molecule has 2 N–H and O–H groups in total. The van der Waals surface area contributed by atoms with Gasteiger partial charge in [0.2, 0.25) is 5.91 Å². The van der Waals surface area contributed by atoms with Gasteiger partial charge in [0.05, 0.1) is 0 Å². The van der Waals surface area contributed by atoms with Crippen LogP contribution in [0.25, 0.3) is 28.1 Å². The lowest BCUT2D eigenvalue weighted by molar-refractivity contribution is -0.137. The number of fused-ring (bicyclic) bond motifs is 1. The highest BCUT2D eigenvalue weighted by atomic mass is 16.4. The van der Waals surface area contributed by atoms with E-state index < -0.39 is 5.97 Å². The van der Waals surface area contributed by atoms with Gasteiger partial charge in [-0.1, -0.05) is 18.2 Å². The van der Waals surface area contributed by atoms with E-state index in [1.54, 1.807) is 13.0 Å². The fourth-order valence-electron chi connectivity index (χ4n) is 3.35. The van der Waals surface area contributed by atoms with Gasteiger partial charge >= 0.3 is 5.97 Å². The molecular formula is C23H24N2O3. The Morgan fingerprint density at radius 2 is 1.86 bits per heavy atom. The maximum Gasteiger partial charge on any atom is 0.322 e. The third-order valence-electron chi connectivity index (χ3n) is 4.94. The zero-order chi connectivity index (χ0) is 20.4. The van der Waals surface area contributed by atoms with E-state index in [2.05, 4.69) is 59.4 Å². The van der Waals surface area contributed by atoms with Crippen LogP contribution in [-0.4, -0.2) is 28.1 Å². The number of carbonyl (C=O) groups excluding carboxylic acids is 1. The van der Waals surface area contributed by atoms with Crippen molar-refractivity contribution in [2.45, 2.75) is 20.8 Å². The molecule has 1 aromatic heterocycles. The summed E-state index contributed by atoms with van der Waals surface area (Å²) in [5.41, 5.74) is 7.11. The molecule has 3 aromatic rings. The van der Waals surface area contributed by atoms with Crippen molar-refractivity contribution in [3.63, 3.8) is 0 Å². The number of rotatable bonds is 5. The number of amides is 1. The lowest BCUT2D eigenvalue weighted by Crippen LogP contribution is -2.29. The van der Waals surface area contributed by atoms with Gasteiger partial charge in [0, 0.05) is 29.7 Å². The van der Waals surface area contributed by atoms with Gasteiger partial charge in [-0.25, -0.2) is 0 Å². The molecular weight excluding hydrogens is 352 g/mol. The van der Waals surface area contributed by atoms with Crippen LogP contribution in [0.3, 0.4) is 0 Å². The molecule has 0 aliphatic carbocycles. The van der Waals surface area contributed by atoms with Crippen molar-refractivity contribution >= 4 is 28.9 Å². The van der Waals surface area contributed by atoms with Crippen LogP contribution < -0.4 is 5.32 Å². The zero-order valence-corrected chi connectivity index (χ0v) is 16.5. The first-order valence-corrected chi connectivity index (χ1v) is 9.11. The number of nitrogens with zero attached hydrogens (tertiary/aromatic N) is 1. The van der Waals surface area contributed by atoms with E-state index in [9.17, 15) is 9.59 Å². The molecule has 0 saturated carbocycles. The predicted molar refractivity (Wildman–Crippen MR) is 112 cm³/mol. The smallest absolute Gasteiger partial charge is 0.322 e. The first-order valence-electron chi connectivity index (χ1n) is 9.11. The van der Waals surface area contributed by atoms with Gasteiger partial charge in [0.15, 0.2) is 0 Å². The molecule has 1 amide bonds. The number of hydrogen-bond donors (Lipinski definition) is 2. The molecule has 0 aliphatic rings. The Kier molecular flexibility index (Phi) is 5.36. The molecule has 0 saturated heterocycles. The van der Waals surface area contributed by atoms with Crippen molar-refractivity contribution < 1.29 is 14.7 Å². The molecule has 0 aliphatic heterocycles. The lowest BCUT2D eigenvalue weighted by Gasteiger charge is -2.12. The molecule has 5 nitrogen and oxygen atoms in total. The maximum absolute atomic E-state index is 12.0. The molecule has 1 heterocycles. The molecule has 28 heavy (non-hydrogen) atoms. The van der Waals surface area contributed by atoms with Crippen LogP contribution in [0.15, 0.2) is 48.2 Å². The van der Waals surface area contributed by atoms with Crippen molar-refractivity contribution in [2.24, 2.45) is 7.05 Å². The van der Waals surface area contributed by atoms with E-state index in [1.807, 2.05) is 14.0 Å². The second-order valence-electron chi connectivity index (χ2n) is 7.13. The number of nitrogens with one attached hydrogen (secondary N) is 1. The summed E-state index contributed by atoms with van der Waals surface area (Å²) in [7, 11) is 2.04. The predicted octanol–water partition coefficient (Wildman–Crippen LogP) is 4.07. The van der Waals surface area contributed by atoms with Crippen molar-refractivity contribution in [1.82, 2.24) is 9.88 Å². The SMILES string of the molecule is C/C(=C\c1cc(C)c(-c2ccc3c(ccn3C)c2)cc1C)C(=O)NCC(=O)O. The van der Waals surface area contributed by atoms with Gasteiger partial charge in [0.1, 0.15) is 6.54 Å². The fourth-order valence-corrected chi connectivity index (χ4v) is 3.35. The zero-order valence-electron chi connectivity index (χ0n) is 16.5. The van der Waals surface area contributed by atoms with Gasteiger partial charge in [-0.05, 0) is 72.9 Å². The van der Waals surface area contributed by atoms with E-state index in [-0.39, 0.29) is 12.5 Å². The van der Waals surface area contributed by atoms with E-state index >= 15 is 0 Å². The summed E-state index contributed by atoms with van der Waals surface area (Å²) in [5.74, 6) is -1.44. The molecule has 0 fully saturated rings. The number of carboxylic acids is 1. The average Bonchev–Trinajstić information content (AvgIpc) is 3.02. The summed E-state index contributed by atoms with van der Waals surface area (Å²) in [5, 5.41) is 12.3. The average molecular weight is 376 g/mol. The highest BCUT2D eigenvalue weighted by Crippen LogP contribution is 2.30. The van der Waals surface area contributed by atoms with Crippen LogP contribution in [0.2, 0.25) is 0 Å². The first-order chi connectivity index (χ1) is 13.3. The first kappa shape index (κ1) is 19.4. The van der Waals surface area contributed by atoms with Gasteiger partial charge in [0.25, 0.3) is 0 Å². The summed E-state index contributed by atoms with van der Waals surface area (Å²) in [6.07, 6.45) is 3.85. The lowest BCUT2D eigenvalue weighted by atomic mass is 9.93. The topological polar surface area (TPSA) is 71.3 Å². The molecule has 5 heteroatoms. The third-order valence-corrected chi connectivity index (χ3v) is 4.94. The quantitative estimate of drug-likeness (QED) is 0.660. The molecule has 0 atom stereocenters. The van der Waals surface area contributed by atoms with Crippen LogP contribution in [0.1, 0.15) is 23.6 Å². The molecule has 3 rings (SSSR count). The second-order valence-corrected chi connectivity index (χ2v) is 7.13. The van der Waals surface area contributed by atoms with Crippen LogP contribution in [0, 0.1) is 13.8 Å². The number of hydrogen-bond acceptors (Lipinski definition) is 2. The summed E-state index contributed by atoms with van der Waals surface area (Å²) < 4.78 is 2.10. The fraction of sp³-hybridized carbons (Fsp3) is 0.217. The van der Waals surface area contributed by atoms with Crippen LogP contribution >= 0.6 is 0 Å². The Hall–Kier alpha value is -3.34. The van der Waals surface area contributed by atoms with Gasteiger partial charge in [-0.2, -0.15) is 0 Å². The molecule has 0 unspecified atom stereocenters. The Morgan fingerprint density at radius 3 is 2.57 bits per heavy atom.